The van der Waals surface area contributed by atoms with Crippen LogP contribution in [0, 0.1) is 0 Å². The van der Waals surface area contributed by atoms with Gasteiger partial charge in [-0.25, -0.2) is 0 Å². The van der Waals surface area contributed by atoms with Crippen molar-refractivity contribution in [2.24, 2.45) is 0 Å². The van der Waals surface area contributed by atoms with Gasteiger partial charge in [0.25, 0.3) is 0 Å². The van der Waals surface area contributed by atoms with Crippen molar-refractivity contribution in [3.8, 4) is 10.0 Å². The number of hydrogen-bond donors (Lipinski definition) is 0. The fourth-order valence-corrected chi connectivity index (χ4v) is 8.12. The molecule has 5 rings (SSSR count). The summed E-state index contributed by atoms with van der Waals surface area (Å²) < 4.78 is 4.47. The number of unbranched alkanes of at least 4 members (excludes halogenated alkanes) is 7. The third kappa shape index (κ3) is 5.04. The maximum atomic E-state index is 2.45. The minimum atomic E-state index is 0.399. The quantitative estimate of drug-likeness (QED) is 0.131. The van der Waals surface area contributed by atoms with E-state index in [0.717, 1.165) is 0 Å². The molecule has 32 heavy (non-hydrogen) atoms. The first-order valence-electron chi connectivity index (χ1n) is 12.3. The maximum absolute atomic E-state index is 2.45. The van der Waals surface area contributed by atoms with E-state index in [0.29, 0.717) is 14.5 Å². The summed E-state index contributed by atoms with van der Waals surface area (Å²) in [6.07, 6.45) is 12.4. The van der Waals surface area contributed by atoms with E-state index in [1.54, 1.807) is 4.88 Å². The van der Waals surface area contributed by atoms with Crippen LogP contribution in [0.3, 0.4) is 0 Å². The van der Waals surface area contributed by atoms with Crippen molar-refractivity contribution in [3.05, 3.63) is 71.6 Å². The zero-order valence-electron chi connectivity index (χ0n) is 19.0. The van der Waals surface area contributed by atoms with Gasteiger partial charge in [0, 0.05) is 0 Å². The van der Waals surface area contributed by atoms with Gasteiger partial charge in [0.2, 0.25) is 0 Å². The van der Waals surface area contributed by atoms with Crippen LogP contribution in [0.2, 0.25) is 0 Å². The molecule has 0 saturated heterocycles. The second-order valence-electron chi connectivity index (χ2n) is 9.04. The second-order valence-corrected chi connectivity index (χ2v) is 12.5. The number of fused-ring (bicyclic) bond motifs is 3. The van der Waals surface area contributed by atoms with Crippen LogP contribution in [-0.4, -0.2) is 14.5 Å². The summed E-state index contributed by atoms with van der Waals surface area (Å²) >= 11 is 2.41. The molecule has 2 heteroatoms. The first-order valence-corrected chi connectivity index (χ1v) is 14.8. The van der Waals surface area contributed by atoms with Gasteiger partial charge >= 0.3 is 170 Å². The molecule has 0 saturated carbocycles. The molecule has 3 aromatic carbocycles. The van der Waals surface area contributed by atoms with Crippen LogP contribution in [0.4, 0.5) is 0 Å². The summed E-state index contributed by atoms with van der Waals surface area (Å²) in [5.74, 6) is 0. The van der Waals surface area contributed by atoms with Crippen LogP contribution >= 0.6 is 11.3 Å². The minimum absolute atomic E-state index is 0.399. The molecule has 0 aliphatic heterocycles. The van der Waals surface area contributed by atoms with Gasteiger partial charge in [-0.1, -0.05) is 32.6 Å². The molecule has 0 N–H and O–H groups in total. The SMILES string of the molecule is CCCCCCCCCCc1cc2cc3cc4[se]c(-c5ccccc5)cc4cc3cc2s1. The molecule has 2 aromatic heterocycles. The fraction of sp³-hybridized carbons (Fsp3) is 0.333. The van der Waals surface area contributed by atoms with Crippen molar-refractivity contribution in [2.45, 2.75) is 64.7 Å². The van der Waals surface area contributed by atoms with Gasteiger partial charge in [-0.15, -0.1) is 0 Å². The molecule has 5 aromatic rings. The van der Waals surface area contributed by atoms with Gasteiger partial charge in [-0.2, -0.15) is 0 Å². The van der Waals surface area contributed by atoms with E-state index in [4.69, 9.17) is 0 Å². The number of aryl methyl sites for hydroxylation is 1. The standard InChI is InChI=1S/C30H32SSe/c1-2-3-4-5-6-7-8-12-15-27-18-25-16-24-20-30-26(17-23(24)19-28(25)31-27)21-29(32-30)22-13-10-9-11-14-22/h9-11,13-14,16-21H,2-8,12,15H2,1H3. The molecular weight excluding hydrogens is 471 g/mol. The number of thiophene rings is 1. The number of benzene rings is 3. The van der Waals surface area contributed by atoms with E-state index < -0.39 is 0 Å². The zero-order valence-corrected chi connectivity index (χ0v) is 21.6. The van der Waals surface area contributed by atoms with Crippen molar-refractivity contribution in [2.75, 3.05) is 0 Å². The molecule has 0 amide bonds. The third-order valence-corrected chi connectivity index (χ3v) is 10.1. The van der Waals surface area contributed by atoms with Gasteiger partial charge in [0.15, 0.2) is 0 Å². The zero-order chi connectivity index (χ0) is 21.8. The van der Waals surface area contributed by atoms with E-state index in [1.807, 2.05) is 11.3 Å². The van der Waals surface area contributed by atoms with Crippen molar-refractivity contribution >= 4 is 56.3 Å². The molecule has 0 nitrogen and oxygen atoms in total. The molecule has 0 spiro atoms. The Kier molecular flexibility index (Phi) is 7.12. The average molecular weight is 504 g/mol. The molecule has 2 heterocycles. The predicted octanol–water partition coefficient (Wildman–Crippen LogP) is 9.61. The van der Waals surface area contributed by atoms with Gasteiger partial charge < -0.3 is 0 Å². The van der Waals surface area contributed by atoms with Crippen LogP contribution in [0.1, 0.15) is 63.2 Å². The second kappa shape index (κ2) is 10.4. The van der Waals surface area contributed by atoms with Crippen molar-refractivity contribution in [1.82, 2.24) is 0 Å². The van der Waals surface area contributed by atoms with Crippen LogP contribution in [-0.2, 0) is 6.42 Å². The van der Waals surface area contributed by atoms with Gasteiger partial charge in [-0.3, -0.25) is 0 Å². The van der Waals surface area contributed by atoms with Crippen molar-refractivity contribution in [1.29, 1.82) is 0 Å². The van der Waals surface area contributed by atoms with Gasteiger partial charge in [0.05, 0.1) is 0 Å². The Morgan fingerprint density at radius 3 is 2.19 bits per heavy atom. The van der Waals surface area contributed by atoms with E-state index in [-0.39, 0.29) is 0 Å². The van der Waals surface area contributed by atoms with E-state index in [2.05, 4.69) is 73.7 Å². The molecule has 0 aliphatic carbocycles. The Bertz CT molecular complexity index is 1240. The third-order valence-electron chi connectivity index (χ3n) is 6.50. The molecule has 0 unspecified atom stereocenters. The molecule has 0 aliphatic rings. The summed E-state index contributed by atoms with van der Waals surface area (Å²) in [7, 11) is 0. The van der Waals surface area contributed by atoms with Crippen LogP contribution in [0.25, 0.3) is 40.5 Å². The number of hydrogen-bond acceptors (Lipinski definition) is 1. The van der Waals surface area contributed by atoms with Crippen LogP contribution < -0.4 is 0 Å². The average Bonchev–Trinajstić information content (AvgIpc) is 3.41. The summed E-state index contributed by atoms with van der Waals surface area (Å²) in [6.45, 7) is 2.29. The Hall–Kier alpha value is -1.86. The summed E-state index contributed by atoms with van der Waals surface area (Å²) in [5.41, 5.74) is 1.37. The van der Waals surface area contributed by atoms with Crippen molar-refractivity contribution < 1.29 is 0 Å². The Morgan fingerprint density at radius 2 is 1.38 bits per heavy atom. The Morgan fingerprint density at radius 1 is 0.656 bits per heavy atom. The first kappa shape index (κ1) is 22.0. The molecular formula is C30H32SSe. The number of rotatable bonds is 10. The van der Waals surface area contributed by atoms with Crippen LogP contribution in [0.15, 0.2) is 66.7 Å². The van der Waals surface area contributed by atoms with E-state index in [1.165, 1.54) is 98.3 Å². The van der Waals surface area contributed by atoms with Crippen molar-refractivity contribution in [3.63, 3.8) is 0 Å². The fourth-order valence-electron chi connectivity index (χ4n) is 4.68. The Labute approximate surface area is 202 Å². The van der Waals surface area contributed by atoms with Crippen LogP contribution in [0.5, 0.6) is 0 Å². The molecule has 164 valence electrons. The Balaban J connectivity index is 1.29. The summed E-state index contributed by atoms with van der Waals surface area (Å²) in [4.78, 5) is 1.56. The topological polar surface area (TPSA) is 0 Å². The molecule has 0 atom stereocenters. The first-order chi connectivity index (χ1) is 15.8. The van der Waals surface area contributed by atoms with E-state index in [9.17, 15) is 0 Å². The van der Waals surface area contributed by atoms with Gasteiger partial charge in [0.1, 0.15) is 0 Å². The monoisotopic (exact) mass is 504 g/mol. The molecule has 0 radical (unpaired) electrons. The normalized spacial score (nSPS) is 11.8. The summed E-state index contributed by atoms with van der Waals surface area (Å²) in [6, 6.07) is 25.4. The predicted molar refractivity (Wildman–Crippen MR) is 146 cm³/mol. The van der Waals surface area contributed by atoms with E-state index >= 15 is 0 Å². The summed E-state index contributed by atoms with van der Waals surface area (Å²) in [5, 5.41) is 5.64. The van der Waals surface area contributed by atoms with Gasteiger partial charge in [-0.05, 0) is 0 Å². The molecule has 0 bridgehead atoms. The molecule has 0 fully saturated rings.